The van der Waals surface area contributed by atoms with Crippen LogP contribution in [-0.4, -0.2) is 24.3 Å². The number of hydrogen-bond acceptors (Lipinski definition) is 4. The molecule has 3 aromatic rings. The van der Waals surface area contributed by atoms with Gasteiger partial charge < -0.3 is 21.1 Å². The van der Waals surface area contributed by atoms with E-state index in [0.717, 1.165) is 0 Å². The second-order valence-corrected chi connectivity index (χ2v) is 6.41. The molecule has 3 amide bonds. The highest BCUT2D eigenvalue weighted by Gasteiger charge is 2.09. The second kappa shape index (κ2) is 9.38. The molecule has 0 aliphatic carbocycles. The fourth-order valence-corrected chi connectivity index (χ4v) is 2.67. The van der Waals surface area contributed by atoms with E-state index in [1.54, 1.807) is 72.8 Å². The maximum atomic E-state index is 12.4. The molecule has 0 bridgehead atoms. The molecule has 0 aromatic heterocycles. The number of anilines is 1. The molecule has 0 aliphatic heterocycles. The summed E-state index contributed by atoms with van der Waals surface area (Å²) >= 11 is 0. The Balaban J connectivity index is 1.60. The van der Waals surface area contributed by atoms with Gasteiger partial charge >= 0.3 is 0 Å². The highest BCUT2D eigenvalue weighted by molar-refractivity contribution is 6.04. The van der Waals surface area contributed by atoms with Crippen molar-refractivity contribution in [2.75, 3.05) is 11.9 Å². The van der Waals surface area contributed by atoms with Crippen LogP contribution in [0.2, 0.25) is 0 Å². The lowest BCUT2D eigenvalue weighted by molar-refractivity contribution is 0.0954. The second-order valence-electron chi connectivity index (χ2n) is 6.41. The third kappa shape index (κ3) is 5.23. The number of rotatable bonds is 7. The maximum absolute atomic E-state index is 12.4. The van der Waals surface area contributed by atoms with Crippen LogP contribution in [0.5, 0.6) is 11.5 Å². The summed E-state index contributed by atoms with van der Waals surface area (Å²) in [5, 5.41) is 5.51. The zero-order chi connectivity index (χ0) is 21.5. The summed E-state index contributed by atoms with van der Waals surface area (Å²) in [4.78, 5) is 35.3. The first-order valence-electron chi connectivity index (χ1n) is 9.33. The number of ether oxygens (including phenoxy) is 1. The van der Waals surface area contributed by atoms with Crippen LogP contribution >= 0.6 is 0 Å². The van der Waals surface area contributed by atoms with Crippen LogP contribution in [0.15, 0.2) is 72.8 Å². The molecule has 0 spiro atoms. The number of nitrogens with two attached hydrogens (primary N) is 1. The normalized spacial score (nSPS) is 10.2. The average Bonchev–Trinajstić information content (AvgIpc) is 2.75. The van der Waals surface area contributed by atoms with Gasteiger partial charge in [0.05, 0.1) is 0 Å². The molecule has 7 heteroatoms. The lowest BCUT2D eigenvalue weighted by Crippen LogP contribution is -2.22. The molecule has 0 atom stereocenters. The van der Waals surface area contributed by atoms with Crippen molar-refractivity contribution in [2.24, 2.45) is 5.73 Å². The average molecular weight is 403 g/mol. The Hall–Kier alpha value is -4.13. The molecule has 0 fully saturated rings. The number of carbonyl (C=O) groups is 3. The molecule has 0 heterocycles. The number of benzene rings is 3. The number of hydrogen-bond donors (Lipinski definition) is 3. The Morgan fingerprint density at radius 2 is 1.20 bits per heavy atom. The minimum absolute atomic E-state index is 0.157. The Labute approximate surface area is 173 Å². The number of carbonyl (C=O) groups excluding carboxylic acids is 3. The topological polar surface area (TPSA) is 111 Å². The van der Waals surface area contributed by atoms with Gasteiger partial charge in [0, 0.05) is 28.9 Å². The van der Waals surface area contributed by atoms with Crippen molar-refractivity contribution in [3.63, 3.8) is 0 Å². The Bertz CT molecular complexity index is 1040. The van der Waals surface area contributed by atoms with Crippen molar-refractivity contribution >= 4 is 23.4 Å². The zero-order valence-electron chi connectivity index (χ0n) is 16.3. The molecule has 152 valence electrons. The van der Waals surface area contributed by atoms with E-state index in [0.29, 0.717) is 40.4 Å². The van der Waals surface area contributed by atoms with E-state index in [1.807, 2.05) is 6.92 Å². The molecule has 0 saturated heterocycles. The molecule has 0 radical (unpaired) electrons. The molecule has 4 N–H and O–H groups in total. The first-order chi connectivity index (χ1) is 14.5. The van der Waals surface area contributed by atoms with Gasteiger partial charge in [-0.2, -0.15) is 0 Å². The smallest absolute Gasteiger partial charge is 0.255 e. The van der Waals surface area contributed by atoms with Gasteiger partial charge in [0.2, 0.25) is 5.91 Å². The summed E-state index contributed by atoms with van der Waals surface area (Å²) in [5.41, 5.74) is 7.18. The van der Waals surface area contributed by atoms with E-state index in [4.69, 9.17) is 10.5 Å². The summed E-state index contributed by atoms with van der Waals surface area (Å²) in [7, 11) is 0. The van der Waals surface area contributed by atoms with Gasteiger partial charge in [-0.05, 0) is 79.7 Å². The van der Waals surface area contributed by atoms with Gasteiger partial charge in [-0.3, -0.25) is 14.4 Å². The van der Waals surface area contributed by atoms with Gasteiger partial charge in [0.1, 0.15) is 11.5 Å². The van der Waals surface area contributed by atoms with Gasteiger partial charge in [-0.1, -0.05) is 0 Å². The fourth-order valence-electron chi connectivity index (χ4n) is 2.67. The highest BCUT2D eigenvalue weighted by atomic mass is 16.5. The number of primary amides is 1. The highest BCUT2D eigenvalue weighted by Crippen LogP contribution is 2.22. The number of nitrogens with one attached hydrogen (secondary N) is 2. The van der Waals surface area contributed by atoms with Crippen molar-refractivity contribution < 1.29 is 19.1 Å². The van der Waals surface area contributed by atoms with Crippen LogP contribution < -0.4 is 21.1 Å². The molecule has 3 rings (SSSR count). The van der Waals surface area contributed by atoms with E-state index < -0.39 is 5.91 Å². The largest absolute Gasteiger partial charge is 0.457 e. The third-order valence-corrected chi connectivity index (χ3v) is 4.23. The predicted molar refractivity (Wildman–Crippen MR) is 114 cm³/mol. The maximum Gasteiger partial charge on any atom is 0.255 e. The van der Waals surface area contributed by atoms with Crippen molar-refractivity contribution in [2.45, 2.75) is 6.92 Å². The fraction of sp³-hybridized carbons (Fsp3) is 0.0870. The van der Waals surface area contributed by atoms with E-state index in [9.17, 15) is 14.4 Å². The monoisotopic (exact) mass is 403 g/mol. The molecule has 0 unspecified atom stereocenters. The molecule has 7 nitrogen and oxygen atoms in total. The summed E-state index contributed by atoms with van der Waals surface area (Å²) < 4.78 is 5.70. The minimum atomic E-state index is -0.504. The summed E-state index contributed by atoms with van der Waals surface area (Å²) in [5.74, 6) is 0.151. The lowest BCUT2D eigenvalue weighted by Gasteiger charge is -2.09. The predicted octanol–water partition coefficient (Wildman–Crippen LogP) is 3.58. The van der Waals surface area contributed by atoms with Crippen LogP contribution in [0.25, 0.3) is 0 Å². The van der Waals surface area contributed by atoms with Crippen molar-refractivity contribution in [3.05, 3.63) is 89.5 Å². The van der Waals surface area contributed by atoms with E-state index >= 15 is 0 Å². The Morgan fingerprint density at radius 3 is 1.70 bits per heavy atom. The quantitative estimate of drug-likeness (QED) is 0.560. The van der Waals surface area contributed by atoms with Gasteiger partial charge in [-0.25, -0.2) is 0 Å². The van der Waals surface area contributed by atoms with Crippen LogP contribution in [0, 0.1) is 0 Å². The third-order valence-electron chi connectivity index (χ3n) is 4.23. The van der Waals surface area contributed by atoms with Gasteiger partial charge in [0.25, 0.3) is 11.8 Å². The van der Waals surface area contributed by atoms with Crippen molar-refractivity contribution in [1.82, 2.24) is 5.32 Å². The zero-order valence-corrected chi connectivity index (χ0v) is 16.3. The standard InChI is InChI=1S/C23H21N3O4/c1-2-25-22(28)16-3-9-18(10-4-16)26-23(29)17-7-13-20(14-8-17)30-19-11-5-15(6-12-19)21(24)27/h3-14H,2H2,1H3,(H2,24,27)(H,25,28)(H,26,29). The first kappa shape index (κ1) is 20.6. The molecular weight excluding hydrogens is 382 g/mol. The Kier molecular flexibility index (Phi) is 6.44. The SMILES string of the molecule is CCNC(=O)c1ccc(NC(=O)c2ccc(Oc3ccc(C(N)=O)cc3)cc2)cc1. The van der Waals surface area contributed by atoms with Gasteiger partial charge in [-0.15, -0.1) is 0 Å². The van der Waals surface area contributed by atoms with Crippen LogP contribution in [0.1, 0.15) is 38.0 Å². The molecular formula is C23H21N3O4. The molecule has 30 heavy (non-hydrogen) atoms. The van der Waals surface area contributed by atoms with Crippen molar-refractivity contribution in [1.29, 1.82) is 0 Å². The molecule has 0 aliphatic rings. The van der Waals surface area contributed by atoms with Gasteiger partial charge in [0.15, 0.2) is 0 Å². The first-order valence-corrected chi connectivity index (χ1v) is 9.33. The Morgan fingerprint density at radius 1 is 0.733 bits per heavy atom. The summed E-state index contributed by atoms with van der Waals surface area (Å²) in [6, 6.07) is 19.7. The lowest BCUT2D eigenvalue weighted by atomic mass is 10.1. The van der Waals surface area contributed by atoms with Crippen LogP contribution in [0.4, 0.5) is 5.69 Å². The van der Waals surface area contributed by atoms with Crippen LogP contribution in [-0.2, 0) is 0 Å². The summed E-state index contributed by atoms with van der Waals surface area (Å²) in [6.07, 6.45) is 0. The molecule has 0 saturated carbocycles. The van der Waals surface area contributed by atoms with E-state index in [-0.39, 0.29) is 11.8 Å². The van der Waals surface area contributed by atoms with Crippen LogP contribution in [0.3, 0.4) is 0 Å². The van der Waals surface area contributed by atoms with E-state index in [1.165, 1.54) is 0 Å². The number of amides is 3. The van der Waals surface area contributed by atoms with E-state index in [2.05, 4.69) is 10.6 Å². The van der Waals surface area contributed by atoms with Crippen molar-refractivity contribution in [3.8, 4) is 11.5 Å². The minimum Gasteiger partial charge on any atom is -0.457 e. The summed E-state index contributed by atoms with van der Waals surface area (Å²) in [6.45, 7) is 2.40. The molecule has 3 aromatic carbocycles.